The fourth-order valence-electron chi connectivity index (χ4n) is 0.585. The van der Waals surface area contributed by atoms with Crippen molar-refractivity contribution in [2.75, 3.05) is 19.8 Å². The van der Waals surface area contributed by atoms with Gasteiger partial charge in [0.1, 0.15) is 5.49 Å². The highest BCUT2D eigenvalue weighted by Gasteiger charge is 2.04. The molecule has 39 valence electrons. The Morgan fingerprint density at radius 1 is 1.71 bits per heavy atom. The Labute approximate surface area is 48.5 Å². The van der Waals surface area contributed by atoms with Gasteiger partial charge < -0.3 is 4.90 Å². The lowest BCUT2D eigenvalue weighted by atomic mass is 10.7. The molecule has 1 aliphatic heterocycles. The van der Waals surface area contributed by atoms with E-state index in [1.807, 2.05) is 4.90 Å². The quantitative estimate of drug-likeness (QED) is 0.472. The van der Waals surface area contributed by atoms with Crippen LogP contribution in [0.15, 0.2) is 0 Å². The molecule has 1 N–H and O–H groups in total. The van der Waals surface area contributed by atoms with Crippen molar-refractivity contribution < 1.29 is 0 Å². The van der Waals surface area contributed by atoms with Gasteiger partial charge in [0.25, 0.3) is 0 Å². The predicted molar refractivity (Wildman–Crippen MR) is 32.2 cm³/mol. The first-order valence-electron chi connectivity index (χ1n) is 2.27. The third-order valence-corrected chi connectivity index (χ3v) is 1.25. The molecule has 0 aliphatic carbocycles. The van der Waals surface area contributed by atoms with Gasteiger partial charge in [-0.15, -0.1) is 0 Å². The number of nitrogens with one attached hydrogen (secondary N) is 1. The van der Waals surface area contributed by atoms with Crippen molar-refractivity contribution in [3.05, 3.63) is 0 Å². The average molecular weight is 115 g/mol. The van der Waals surface area contributed by atoms with Crippen molar-refractivity contribution in [2.24, 2.45) is 0 Å². The van der Waals surface area contributed by atoms with Crippen LogP contribution in [0.1, 0.15) is 0 Å². The van der Waals surface area contributed by atoms with Gasteiger partial charge in [0.15, 0.2) is 0 Å². The van der Waals surface area contributed by atoms with E-state index in [-0.39, 0.29) is 0 Å². The highest BCUT2D eigenvalue weighted by molar-refractivity contribution is 7.78. The lowest BCUT2D eigenvalue weighted by molar-refractivity contribution is 0.535. The molecule has 1 fully saturated rings. The Morgan fingerprint density at radius 2 is 2.57 bits per heavy atom. The molecule has 1 rings (SSSR count). The lowest BCUT2D eigenvalue weighted by Gasteiger charge is -2.03. The van der Waals surface area contributed by atoms with Crippen molar-refractivity contribution in [3.63, 3.8) is 0 Å². The maximum atomic E-state index is 4.55. The molecule has 0 bridgehead atoms. The maximum absolute atomic E-state index is 4.55. The van der Waals surface area contributed by atoms with Gasteiger partial charge in [0.05, 0.1) is 6.67 Å². The Balaban J connectivity index is 2.26. The van der Waals surface area contributed by atoms with Crippen LogP contribution >= 0.6 is 12.2 Å². The van der Waals surface area contributed by atoms with Gasteiger partial charge >= 0.3 is 0 Å². The summed E-state index contributed by atoms with van der Waals surface area (Å²) in [5.74, 6) is 0. The van der Waals surface area contributed by atoms with Gasteiger partial charge in [-0.05, 0) is 0 Å². The van der Waals surface area contributed by atoms with E-state index in [1.54, 1.807) is 0 Å². The van der Waals surface area contributed by atoms with E-state index >= 15 is 0 Å². The van der Waals surface area contributed by atoms with E-state index < -0.39 is 0 Å². The van der Waals surface area contributed by atoms with Crippen LogP contribution in [0.4, 0.5) is 0 Å². The summed E-state index contributed by atoms with van der Waals surface area (Å²) in [7, 11) is 0. The molecule has 0 spiro atoms. The van der Waals surface area contributed by atoms with Crippen LogP contribution < -0.4 is 5.32 Å². The van der Waals surface area contributed by atoms with Crippen molar-refractivity contribution in [2.45, 2.75) is 0 Å². The number of nitrogens with zero attached hydrogens (tertiary/aromatic N) is 1. The molecule has 0 amide bonds. The zero-order valence-corrected chi connectivity index (χ0v) is 4.79. The molecule has 2 nitrogen and oxygen atoms in total. The second-order valence-corrected chi connectivity index (χ2v) is 1.70. The Morgan fingerprint density at radius 3 is 2.86 bits per heavy atom. The summed E-state index contributed by atoms with van der Waals surface area (Å²) in [6, 6.07) is 0. The van der Waals surface area contributed by atoms with Crippen LogP contribution in [0.25, 0.3) is 0 Å². The van der Waals surface area contributed by atoms with Crippen LogP contribution in [0.2, 0.25) is 0 Å². The molecule has 7 heavy (non-hydrogen) atoms. The van der Waals surface area contributed by atoms with Crippen LogP contribution in [0.3, 0.4) is 0 Å². The normalized spacial score (nSPS) is 20.3. The Kier molecular flexibility index (Phi) is 1.59. The van der Waals surface area contributed by atoms with Crippen LogP contribution in [-0.4, -0.2) is 30.1 Å². The monoisotopic (exact) mass is 115 g/mol. The molecular weight excluding hydrogens is 108 g/mol. The van der Waals surface area contributed by atoms with Crippen LogP contribution in [-0.2, 0) is 0 Å². The number of hydrogen-bond acceptors (Lipinski definition) is 2. The summed E-state index contributed by atoms with van der Waals surface area (Å²) >= 11 is 4.55. The summed E-state index contributed by atoms with van der Waals surface area (Å²) in [5, 5.41) is 3.12. The van der Waals surface area contributed by atoms with Crippen LogP contribution in [0, 0.1) is 0 Å². The third kappa shape index (κ3) is 1.11. The van der Waals surface area contributed by atoms with E-state index in [0.717, 1.165) is 19.8 Å². The van der Waals surface area contributed by atoms with Gasteiger partial charge in [-0.25, -0.2) is 0 Å². The molecule has 0 atom stereocenters. The molecule has 0 aromatic rings. The minimum Gasteiger partial charge on any atom is -0.346 e. The van der Waals surface area contributed by atoms with E-state index in [4.69, 9.17) is 0 Å². The third-order valence-electron chi connectivity index (χ3n) is 0.990. The molecule has 1 saturated heterocycles. The number of thiocarbonyl (C=S) groups is 1. The van der Waals surface area contributed by atoms with Gasteiger partial charge in [-0.3, -0.25) is 5.32 Å². The van der Waals surface area contributed by atoms with Gasteiger partial charge in [0, 0.05) is 13.1 Å². The Bertz CT molecular complexity index is 68.1. The molecule has 1 aliphatic rings. The molecule has 0 aromatic carbocycles. The maximum Gasteiger partial charge on any atom is 0.138 e. The molecule has 1 radical (unpaired) electrons. The summed E-state index contributed by atoms with van der Waals surface area (Å²) in [6.45, 7) is 2.94. The summed E-state index contributed by atoms with van der Waals surface area (Å²) in [6.07, 6.45) is 0. The van der Waals surface area contributed by atoms with E-state index in [2.05, 4.69) is 23.0 Å². The van der Waals surface area contributed by atoms with E-state index in [9.17, 15) is 0 Å². The fraction of sp³-hybridized carbons (Fsp3) is 0.750. The number of hydrogen-bond donors (Lipinski definition) is 1. The Hall–Kier alpha value is -0.150. The van der Waals surface area contributed by atoms with Crippen LogP contribution in [0.5, 0.6) is 0 Å². The van der Waals surface area contributed by atoms with Crippen molar-refractivity contribution in [3.8, 4) is 0 Å². The van der Waals surface area contributed by atoms with Crippen molar-refractivity contribution in [1.82, 2.24) is 10.2 Å². The predicted octanol–water partition coefficient (Wildman–Crippen LogP) is -0.317. The zero-order valence-electron chi connectivity index (χ0n) is 3.98. The molecular formula is C4H7N2S. The highest BCUT2D eigenvalue weighted by atomic mass is 32.1. The second-order valence-electron chi connectivity index (χ2n) is 1.51. The average Bonchev–Trinajstić information content (AvgIpc) is 2.14. The van der Waals surface area contributed by atoms with Crippen molar-refractivity contribution >= 4 is 17.7 Å². The first kappa shape index (κ1) is 5.00. The summed E-state index contributed by atoms with van der Waals surface area (Å²) in [4.78, 5) is 1.94. The summed E-state index contributed by atoms with van der Waals surface area (Å²) in [5.41, 5.74) is 2.62. The molecule has 3 heteroatoms. The minimum absolute atomic E-state index is 0.878. The first-order chi connectivity index (χ1) is 3.43. The van der Waals surface area contributed by atoms with Crippen molar-refractivity contribution in [1.29, 1.82) is 0 Å². The molecule has 1 heterocycles. The van der Waals surface area contributed by atoms with Gasteiger partial charge in [0.2, 0.25) is 0 Å². The van der Waals surface area contributed by atoms with Gasteiger partial charge in [-0.1, -0.05) is 12.2 Å². The standard InChI is InChI=1S/C4H7N2S/c7-4-6-2-1-5-3-6/h5H,1-3H2. The smallest absolute Gasteiger partial charge is 0.138 e. The van der Waals surface area contributed by atoms with E-state index in [0.29, 0.717) is 0 Å². The molecule has 0 unspecified atom stereocenters. The molecule has 0 aromatic heterocycles. The number of rotatable bonds is 1. The van der Waals surface area contributed by atoms with E-state index in [1.165, 1.54) is 0 Å². The topological polar surface area (TPSA) is 15.3 Å². The lowest BCUT2D eigenvalue weighted by Crippen LogP contribution is -2.18. The fourth-order valence-corrected chi connectivity index (χ4v) is 0.741. The van der Waals surface area contributed by atoms with Gasteiger partial charge in [-0.2, -0.15) is 0 Å². The zero-order chi connectivity index (χ0) is 5.11. The largest absolute Gasteiger partial charge is 0.346 e. The SMILES string of the molecule is S=[C]N1CCNC1. The highest BCUT2D eigenvalue weighted by Crippen LogP contribution is 1.85. The molecule has 0 saturated carbocycles. The summed E-state index contributed by atoms with van der Waals surface area (Å²) < 4.78 is 0. The first-order valence-corrected chi connectivity index (χ1v) is 2.68. The second kappa shape index (κ2) is 2.23. The minimum atomic E-state index is 0.878.